The summed E-state index contributed by atoms with van der Waals surface area (Å²) in [5, 5.41) is 0.151. The second-order valence-corrected chi connectivity index (χ2v) is 5.97. The Morgan fingerprint density at radius 2 is 1.00 bits per heavy atom. The summed E-state index contributed by atoms with van der Waals surface area (Å²) in [4.78, 5) is 10.7. The van der Waals surface area contributed by atoms with E-state index in [2.05, 4.69) is 19.6 Å². The van der Waals surface area contributed by atoms with E-state index in [-0.39, 0.29) is 5.12 Å². The molecule has 1 nitrogen and oxygen atoms in total. The van der Waals surface area contributed by atoms with Gasteiger partial charge in [0.15, 0.2) is 0 Å². The molecule has 18 heavy (non-hydrogen) atoms. The Bertz CT molecular complexity index is 180. The van der Waals surface area contributed by atoms with E-state index in [0.29, 0.717) is 6.42 Å². The fourth-order valence-electron chi connectivity index (χ4n) is 2.30. The number of hydrogen-bond donors (Lipinski definition) is 0. The highest BCUT2D eigenvalue weighted by Gasteiger charge is 1.99. The van der Waals surface area contributed by atoms with Crippen LogP contribution in [0, 0.1) is 0 Å². The summed E-state index contributed by atoms with van der Waals surface area (Å²) in [5.41, 5.74) is 0. The summed E-state index contributed by atoms with van der Waals surface area (Å²) in [6.45, 7) is 2.27. The molecule has 0 spiro atoms. The van der Waals surface area contributed by atoms with E-state index in [1.54, 1.807) is 0 Å². The van der Waals surface area contributed by atoms with Gasteiger partial charge in [0.1, 0.15) is 0 Å². The first-order valence-electron chi connectivity index (χ1n) is 8.01. The van der Waals surface area contributed by atoms with Crippen LogP contribution in [0.4, 0.5) is 0 Å². The van der Waals surface area contributed by atoms with Gasteiger partial charge in [-0.15, -0.1) is 0 Å². The SMILES string of the molecule is CCCCCCCCCCCCCCCC(=O)[SH2+]. The zero-order valence-electron chi connectivity index (χ0n) is 12.3. The summed E-state index contributed by atoms with van der Waals surface area (Å²) in [6, 6.07) is 0. The van der Waals surface area contributed by atoms with Crippen LogP contribution in [0.2, 0.25) is 0 Å². The van der Waals surface area contributed by atoms with Crippen molar-refractivity contribution in [1.29, 1.82) is 0 Å². The van der Waals surface area contributed by atoms with Gasteiger partial charge < -0.3 is 0 Å². The van der Waals surface area contributed by atoms with Crippen molar-refractivity contribution in [2.45, 2.75) is 96.8 Å². The molecule has 0 N–H and O–H groups in total. The molecule has 0 bridgehead atoms. The van der Waals surface area contributed by atoms with Gasteiger partial charge in [-0.05, 0) is 6.42 Å². The van der Waals surface area contributed by atoms with Gasteiger partial charge >= 0.3 is 5.12 Å². The summed E-state index contributed by atoms with van der Waals surface area (Å²) in [6.07, 6.45) is 18.3. The van der Waals surface area contributed by atoms with Crippen molar-refractivity contribution in [3.05, 3.63) is 0 Å². The quantitative estimate of drug-likeness (QED) is 0.321. The van der Waals surface area contributed by atoms with Crippen LogP contribution in [0.1, 0.15) is 96.8 Å². The lowest BCUT2D eigenvalue weighted by molar-refractivity contribution is -0.111. The van der Waals surface area contributed by atoms with Gasteiger partial charge in [-0.25, -0.2) is 4.79 Å². The number of carbonyl (C=O) groups is 1. The zero-order chi connectivity index (χ0) is 13.5. The maximum Gasteiger partial charge on any atom is 0.326 e. The van der Waals surface area contributed by atoms with Gasteiger partial charge in [0.05, 0.1) is 6.42 Å². The zero-order valence-corrected chi connectivity index (χ0v) is 13.3. The molecule has 0 saturated heterocycles. The van der Waals surface area contributed by atoms with E-state index in [4.69, 9.17) is 0 Å². The molecule has 2 heteroatoms. The van der Waals surface area contributed by atoms with Crippen molar-refractivity contribution in [3.63, 3.8) is 0 Å². The fourth-order valence-corrected chi connectivity index (χ4v) is 2.48. The van der Waals surface area contributed by atoms with Gasteiger partial charge in [-0.1, -0.05) is 84.0 Å². The van der Waals surface area contributed by atoms with E-state index >= 15 is 0 Å². The van der Waals surface area contributed by atoms with E-state index in [9.17, 15) is 4.79 Å². The largest absolute Gasteiger partial charge is 0.326 e. The normalized spacial score (nSPS) is 10.8. The molecule has 0 heterocycles. The fraction of sp³-hybridized carbons (Fsp3) is 0.938. The van der Waals surface area contributed by atoms with E-state index in [1.807, 2.05) is 0 Å². The molecule has 0 aromatic heterocycles. The molecule has 0 atom stereocenters. The number of unbranched alkanes of at least 4 members (excludes halogenated alkanes) is 12. The van der Waals surface area contributed by atoms with Gasteiger partial charge in [-0.2, -0.15) is 0 Å². The molecule has 0 aromatic rings. The Morgan fingerprint density at radius 3 is 1.33 bits per heavy atom. The Kier molecular flexibility index (Phi) is 15.1. The standard InChI is InChI=1S/C16H32OS/c1-2-3-4-5-6-7-8-9-10-11-12-13-14-15-16(17)18/h2-15H2,1H3,(H,17,18)/p+1. The minimum absolute atomic E-state index is 0.151. The molecule has 0 fully saturated rings. The van der Waals surface area contributed by atoms with Crippen LogP contribution in [-0.4, -0.2) is 5.12 Å². The molecule has 0 aliphatic rings. The molecule has 0 saturated carbocycles. The van der Waals surface area contributed by atoms with E-state index in [0.717, 1.165) is 6.42 Å². The molecule has 0 unspecified atom stereocenters. The summed E-state index contributed by atoms with van der Waals surface area (Å²) >= 11 is 3.02. The molecule has 0 aliphatic carbocycles. The second kappa shape index (κ2) is 15.1. The topological polar surface area (TPSA) is 17.1 Å². The number of rotatable bonds is 14. The average Bonchev–Trinajstić information content (AvgIpc) is 2.34. The smallest absolute Gasteiger partial charge is 0.238 e. The van der Waals surface area contributed by atoms with Gasteiger partial charge in [0, 0.05) is 12.6 Å². The Morgan fingerprint density at radius 1 is 0.667 bits per heavy atom. The summed E-state index contributed by atoms with van der Waals surface area (Å²) in [5.74, 6) is 0. The maximum absolute atomic E-state index is 10.7. The number of hydrogen-bond acceptors (Lipinski definition) is 1. The van der Waals surface area contributed by atoms with Gasteiger partial charge in [-0.3, -0.25) is 0 Å². The van der Waals surface area contributed by atoms with Gasteiger partial charge in [0.25, 0.3) is 0 Å². The first-order valence-corrected chi connectivity index (χ1v) is 8.51. The summed E-state index contributed by atoms with van der Waals surface area (Å²) in [7, 11) is 0. The second-order valence-electron chi connectivity index (χ2n) is 5.42. The van der Waals surface area contributed by atoms with E-state index in [1.165, 1.54) is 77.0 Å². The lowest BCUT2D eigenvalue weighted by Crippen LogP contribution is -1.90. The highest BCUT2D eigenvalue weighted by Crippen LogP contribution is 2.12. The Hall–Kier alpha value is 0.0200. The van der Waals surface area contributed by atoms with Crippen LogP contribution < -0.4 is 0 Å². The van der Waals surface area contributed by atoms with Gasteiger partial charge in [0.2, 0.25) is 0 Å². The third-order valence-electron chi connectivity index (χ3n) is 3.51. The molecule has 0 aliphatic heterocycles. The van der Waals surface area contributed by atoms with Crippen LogP contribution in [0.5, 0.6) is 0 Å². The minimum atomic E-state index is 0.151. The number of carbonyl (C=O) groups excluding carboxylic acids is 1. The Labute approximate surface area is 120 Å². The molecule has 0 amide bonds. The van der Waals surface area contributed by atoms with Crippen molar-refractivity contribution >= 4 is 17.7 Å². The lowest BCUT2D eigenvalue weighted by atomic mass is 10.0. The molecule has 0 rings (SSSR count). The summed E-state index contributed by atoms with van der Waals surface area (Å²) < 4.78 is 0. The van der Waals surface area contributed by atoms with Crippen molar-refractivity contribution in [2.75, 3.05) is 0 Å². The predicted octanol–water partition coefficient (Wildman–Crippen LogP) is 5.01. The first-order chi connectivity index (χ1) is 8.77. The van der Waals surface area contributed by atoms with Crippen molar-refractivity contribution in [2.24, 2.45) is 0 Å². The predicted molar refractivity (Wildman–Crippen MR) is 85.5 cm³/mol. The molecule has 108 valence electrons. The first kappa shape index (κ1) is 18.0. The third kappa shape index (κ3) is 16.0. The maximum atomic E-state index is 10.7. The van der Waals surface area contributed by atoms with Crippen molar-refractivity contribution in [1.82, 2.24) is 0 Å². The monoisotopic (exact) mass is 273 g/mol. The van der Waals surface area contributed by atoms with Crippen LogP contribution >= 0.6 is 0 Å². The van der Waals surface area contributed by atoms with Crippen LogP contribution in [0.25, 0.3) is 0 Å². The van der Waals surface area contributed by atoms with Crippen LogP contribution in [0.15, 0.2) is 0 Å². The van der Waals surface area contributed by atoms with Crippen molar-refractivity contribution < 1.29 is 4.79 Å². The average molecular weight is 274 g/mol. The highest BCUT2D eigenvalue weighted by molar-refractivity contribution is 7.77. The third-order valence-corrected chi connectivity index (χ3v) is 3.76. The highest BCUT2D eigenvalue weighted by atomic mass is 32.1. The molecular formula is C16H33OS+. The van der Waals surface area contributed by atoms with Crippen LogP contribution in [-0.2, 0) is 17.4 Å². The molecule has 0 radical (unpaired) electrons. The van der Waals surface area contributed by atoms with Crippen molar-refractivity contribution in [3.8, 4) is 0 Å². The molecule has 0 aromatic carbocycles. The Balaban J connectivity index is 2.92. The van der Waals surface area contributed by atoms with Crippen LogP contribution in [0.3, 0.4) is 0 Å². The van der Waals surface area contributed by atoms with E-state index < -0.39 is 0 Å². The molecular weight excluding hydrogens is 240 g/mol. The minimum Gasteiger partial charge on any atom is -0.238 e. The lowest BCUT2D eigenvalue weighted by Gasteiger charge is -2.02.